The SMILES string of the molecule is COc1ccc(C(OC)(OC)OC[C@H]2OC[C@@H](n3ccc(N)nc3=O)O2)cc1. The Labute approximate surface area is 161 Å². The maximum atomic E-state index is 11.9. The van der Waals surface area contributed by atoms with Crippen molar-refractivity contribution in [1.82, 2.24) is 9.55 Å². The summed E-state index contributed by atoms with van der Waals surface area (Å²) in [6.07, 6.45) is 0.153. The maximum Gasteiger partial charge on any atom is 0.351 e. The average molecular weight is 393 g/mol. The van der Waals surface area contributed by atoms with Crippen LogP contribution < -0.4 is 16.2 Å². The van der Waals surface area contributed by atoms with Crippen LogP contribution >= 0.6 is 0 Å². The Morgan fingerprint density at radius 2 is 1.93 bits per heavy atom. The van der Waals surface area contributed by atoms with Crippen LogP contribution in [0.1, 0.15) is 11.8 Å². The molecular formula is C18H23N3O7. The normalized spacial score (nSPS) is 19.7. The smallest absolute Gasteiger partial charge is 0.351 e. The molecule has 1 fully saturated rings. The molecule has 152 valence electrons. The van der Waals surface area contributed by atoms with E-state index < -0.39 is 24.2 Å². The van der Waals surface area contributed by atoms with Crippen LogP contribution in [0.3, 0.4) is 0 Å². The molecule has 1 aliphatic heterocycles. The molecular weight excluding hydrogens is 370 g/mol. The Morgan fingerprint density at radius 3 is 2.54 bits per heavy atom. The molecule has 0 amide bonds. The summed E-state index contributed by atoms with van der Waals surface area (Å²) in [5, 5.41) is 0. The highest BCUT2D eigenvalue weighted by Crippen LogP contribution is 2.30. The van der Waals surface area contributed by atoms with Gasteiger partial charge in [-0.05, 0) is 30.3 Å². The predicted molar refractivity (Wildman–Crippen MR) is 97.4 cm³/mol. The van der Waals surface area contributed by atoms with E-state index in [4.69, 9.17) is 34.2 Å². The number of nitrogen functional groups attached to an aromatic ring is 1. The van der Waals surface area contributed by atoms with E-state index >= 15 is 0 Å². The Morgan fingerprint density at radius 1 is 1.21 bits per heavy atom. The number of methoxy groups -OCH3 is 3. The number of nitrogens with zero attached hydrogens (tertiary/aromatic N) is 2. The minimum Gasteiger partial charge on any atom is -0.497 e. The molecule has 2 aromatic rings. The van der Waals surface area contributed by atoms with Gasteiger partial charge in [0.2, 0.25) is 0 Å². The third-order valence-electron chi connectivity index (χ3n) is 4.29. The van der Waals surface area contributed by atoms with E-state index in [0.29, 0.717) is 11.3 Å². The lowest BCUT2D eigenvalue weighted by atomic mass is 10.2. The number of hydrogen-bond donors (Lipinski definition) is 1. The molecule has 0 bridgehead atoms. The summed E-state index contributed by atoms with van der Waals surface area (Å²) in [6.45, 7) is 0.163. The first-order chi connectivity index (χ1) is 13.5. The second-order valence-corrected chi connectivity index (χ2v) is 5.90. The molecule has 2 atom stereocenters. The lowest BCUT2D eigenvalue weighted by molar-refractivity contribution is -0.384. The topological polar surface area (TPSA) is 116 Å². The number of hydrogen-bond acceptors (Lipinski definition) is 9. The average Bonchev–Trinajstić information content (AvgIpc) is 3.18. The van der Waals surface area contributed by atoms with Crippen molar-refractivity contribution in [1.29, 1.82) is 0 Å². The van der Waals surface area contributed by atoms with Crippen molar-refractivity contribution in [2.75, 3.05) is 40.3 Å². The first-order valence-electron chi connectivity index (χ1n) is 8.52. The van der Waals surface area contributed by atoms with Gasteiger partial charge in [0.15, 0.2) is 12.5 Å². The summed E-state index contributed by atoms with van der Waals surface area (Å²) in [5.74, 6) is -0.612. The van der Waals surface area contributed by atoms with Crippen molar-refractivity contribution in [3.05, 3.63) is 52.6 Å². The van der Waals surface area contributed by atoms with Gasteiger partial charge in [-0.15, -0.1) is 0 Å². The minimum absolute atomic E-state index is 0.00135. The van der Waals surface area contributed by atoms with Gasteiger partial charge >= 0.3 is 11.7 Å². The highest BCUT2D eigenvalue weighted by Gasteiger charge is 2.37. The van der Waals surface area contributed by atoms with Crippen LogP contribution in [0.5, 0.6) is 5.75 Å². The molecule has 0 spiro atoms. The molecule has 28 heavy (non-hydrogen) atoms. The van der Waals surface area contributed by atoms with E-state index in [2.05, 4.69) is 4.98 Å². The number of rotatable bonds is 8. The lowest BCUT2D eigenvalue weighted by Crippen LogP contribution is -2.37. The molecule has 10 nitrogen and oxygen atoms in total. The predicted octanol–water partition coefficient (Wildman–Crippen LogP) is 0.826. The van der Waals surface area contributed by atoms with E-state index in [1.54, 1.807) is 31.4 Å². The quantitative estimate of drug-likeness (QED) is 0.651. The van der Waals surface area contributed by atoms with Crippen LogP contribution in [0.2, 0.25) is 0 Å². The maximum absolute atomic E-state index is 11.9. The van der Waals surface area contributed by atoms with Gasteiger partial charge in [-0.1, -0.05) is 0 Å². The number of aromatic nitrogens is 2. The third kappa shape index (κ3) is 4.16. The summed E-state index contributed by atoms with van der Waals surface area (Å²) in [6, 6.07) is 8.59. The second-order valence-electron chi connectivity index (χ2n) is 5.90. The molecule has 0 aliphatic carbocycles. The molecule has 2 heterocycles. The molecule has 10 heteroatoms. The Bertz CT molecular complexity index is 836. The number of ether oxygens (including phenoxy) is 6. The van der Waals surface area contributed by atoms with Gasteiger partial charge < -0.3 is 34.2 Å². The highest BCUT2D eigenvalue weighted by atomic mass is 16.9. The first kappa shape index (κ1) is 20.2. The fourth-order valence-corrected chi connectivity index (χ4v) is 2.81. The fraction of sp³-hybridized carbons (Fsp3) is 0.444. The Kier molecular flexibility index (Phi) is 6.27. The van der Waals surface area contributed by atoms with Crippen molar-refractivity contribution < 1.29 is 28.4 Å². The van der Waals surface area contributed by atoms with Crippen molar-refractivity contribution in [2.45, 2.75) is 18.5 Å². The lowest BCUT2D eigenvalue weighted by Gasteiger charge is -2.31. The molecule has 1 aromatic carbocycles. The summed E-state index contributed by atoms with van der Waals surface area (Å²) in [7, 11) is 4.51. The zero-order valence-corrected chi connectivity index (χ0v) is 15.9. The summed E-state index contributed by atoms with van der Waals surface area (Å²) < 4.78 is 34.6. The van der Waals surface area contributed by atoms with E-state index in [1.165, 1.54) is 31.0 Å². The molecule has 0 unspecified atom stereocenters. The minimum atomic E-state index is -1.45. The van der Waals surface area contributed by atoms with E-state index in [1.807, 2.05) is 0 Å². The van der Waals surface area contributed by atoms with Gasteiger partial charge in [-0.3, -0.25) is 4.57 Å². The van der Waals surface area contributed by atoms with Crippen LogP contribution in [0.25, 0.3) is 0 Å². The zero-order valence-electron chi connectivity index (χ0n) is 15.9. The number of anilines is 1. The fourth-order valence-electron chi connectivity index (χ4n) is 2.81. The van der Waals surface area contributed by atoms with Crippen molar-refractivity contribution in [3.8, 4) is 5.75 Å². The third-order valence-corrected chi connectivity index (χ3v) is 4.29. The summed E-state index contributed by atoms with van der Waals surface area (Å²) >= 11 is 0. The molecule has 0 radical (unpaired) electrons. The van der Waals surface area contributed by atoms with Gasteiger partial charge in [0.25, 0.3) is 0 Å². The van der Waals surface area contributed by atoms with Crippen LogP contribution in [0.15, 0.2) is 41.3 Å². The van der Waals surface area contributed by atoms with Gasteiger partial charge in [-0.2, -0.15) is 4.98 Å². The Hall–Kier alpha value is -2.50. The number of nitrogens with two attached hydrogens (primary N) is 1. The van der Waals surface area contributed by atoms with Crippen molar-refractivity contribution in [2.24, 2.45) is 0 Å². The molecule has 0 saturated carbocycles. The summed E-state index contributed by atoms with van der Waals surface area (Å²) in [5.41, 5.74) is 5.62. The van der Waals surface area contributed by atoms with E-state index in [-0.39, 0.29) is 19.0 Å². The zero-order chi connectivity index (χ0) is 20.1. The van der Waals surface area contributed by atoms with Crippen LogP contribution in [-0.2, 0) is 29.7 Å². The highest BCUT2D eigenvalue weighted by molar-refractivity contribution is 5.29. The molecule has 1 saturated heterocycles. The van der Waals surface area contributed by atoms with E-state index in [9.17, 15) is 4.79 Å². The number of benzene rings is 1. The molecule has 2 N–H and O–H groups in total. The van der Waals surface area contributed by atoms with Gasteiger partial charge in [0, 0.05) is 26.0 Å². The van der Waals surface area contributed by atoms with Gasteiger partial charge in [-0.25, -0.2) is 4.79 Å². The summed E-state index contributed by atoms with van der Waals surface area (Å²) in [4.78, 5) is 15.6. The largest absolute Gasteiger partial charge is 0.497 e. The van der Waals surface area contributed by atoms with Crippen LogP contribution in [-0.4, -0.2) is 50.4 Å². The first-order valence-corrected chi connectivity index (χ1v) is 8.52. The van der Waals surface area contributed by atoms with E-state index in [0.717, 1.165) is 0 Å². The molecule has 1 aromatic heterocycles. The molecule has 1 aliphatic rings. The van der Waals surface area contributed by atoms with Crippen molar-refractivity contribution in [3.63, 3.8) is 0 Å². The van der Waals surface area contributed by atoms with Gasteiger partial charge in [0.1, 0.15) is 18.2 Å². The van der Waals surface area contributed by atoms with Crippen LogP contribution in [0.4, 0.5) is 5.82 Å². The monoisotopic (exact) mass is 393 g/mol. The van der Waals surface area contributed by atoms with Gasteiger partial charge in [0.05, 0.1) is 13.7 Å². The van der Waals surface area contributed by atoms with Crippen molar-refractivity contribution >= 4 is 5.82 Å². The second kappa shape index (κ2) is 8.67. The van der Waals surface area contributed by atoms with Crippen LogP contribution in [0, 0.1) is 0 Å². The molecule has 3 rings (SSSR count). The standard InChI is InChI=1S/C18H23N3O7/c1-23-13-6-4-12(5-7-13)18(24-2,25-3)27-11-16-26-10-15(28-16)21-9-8-14(19)20-17(21)22/h4-9,15-16H,10-11H2,1-3H3,(H2,19,20,22)/t15-,16-/m0/s1. The Balaban J connectivity index is 1.66.